The number of methoxy groups -OCH3 is 2. The van der Waals surface area contributed by atoms with Gasteiger partial charge in [-0.05, 0) is 40.8 Å². The lowest BCUT2D eigenvalue weighted by atomic mass is 9.75. The van der Waals surface area contributed by atoms with Crippen LogP contribution in [0.2, 0.25) is 0 Å². The maximum Gasteiger partial charge on any atom is 0.254 e. The van der Waals surface area contributed by atoms with Crippen LogP contribution in [0, 0.1) is 0 Å². The largest absolute Gasteiger partial charge is 0.493 e. The average Bonchev–Trinajstić information content (AvgIpc) is 2.97. The topological polar surface area (TPSA) is 62.3 Å². The molecule has 6 rings (SSSR count). The fourth-order valence-corrected chi connectivity index (χ4v) is 6.28. The Bertz CT molecular complexity index is 1350. The first-order valence-corrected chi connectivity index (χ1v) is 13.3. The van der Waals surface area contributed by atoms with Crippen molar-refractivity contribution in [3.8, 4) is 11.5 Å². The molecule has 0 N–H and O–H groups in total. The van der Waals surface area contributed by atoms with E-state index < -0.39 is 5.92 Å². The van der Waals surface area contributed by atoms with Crippen molar-refractivity contribution in [2.75, 3.05) is 46.9 Å². The summed E-state index contributed by atoms with van der Waals surface area (Å²) in [5.74, 6) is 0.525. The van der Waals surface area contributed by atoms with E-state index in [0.717, 1.165) is 37.2 Å². The molecular formula is C31H33N3O4. The molecule has 2 amide bonds. The van der Waals surface area contributed by atoms with Gasteiger partial charge in [-0.25, -0.2) is 0 Å². The van der Waals surface area contributed by atoms with Gasteiger partial charge in [0.25, 0.3) is 5.91 Å². The number of nitrogens with zero attached hydrogens (tertiary/aromatic N) is 3. The Hall–Kier alpha value is -3.84. The Morgan fingerprint density at radius 2 is 1.53 bits per heavy atom. The summed E-state index contributed by atoms with van der Waals surface area (Å²) in [7, 11) is 3.15. The summed E-state index contributed by atoms with van der Waals surface area (Å²) in [6.45, 7) is 4.42. The molecule has 0 spiro atoms. The van der Waals surface area contributed by atoms with E-state index in [1.165, 1.54) is 11.1 Å². The molecule has 3 aliphatic heterocycles. The summed E-state index contributed by atoms with van der Waals surface area (Å²) in [6.07, 6.45) is 0.778. The summed E-state index contributed by atoms with van der Waals surface area (Å²) >= 11 is 0. The van der Waals surface area contributed by atoms with Gasteiger partial charge in [-0.1, -0.05) is 54.6 Å². The van der Waals surface area contributed by atoms with Gasteiger partial charge in [-0.15, -0.1) is 0 Å². The van der Waals surface area contributed by atoms with Crippen LogP contribution < -0.4 is 9.47 Å². The summed E-state index contributed by atoms with van der Waals surface area (Å²) in [6, 6.07) is 21.9. The van der Waals surface area contributed by atoms with Crippen molar-refractivity contribution >= 4 is 11.8 Å². The zero-order valence-electron chi connectivity index (χ0n) is 21.9. The van der Waals surface area contributed by atoms with Crippen LogP contribution in [0.25, 0.3) is 0 Å². The third-order valence-electron chi connectivity index (χ3n) is 8.23. The van der Waals surface area contributed by atoms with E-state index in [-0.39, 0.29) is 17.9 Å². The lowest BCUT2D eigenvalue weighted by Crippen LogP contribution is -2.54. The second-order valence-electron chi connectivity index (χ2n) is 10.3. The van der Waals surface area contributed by atoms with Gasteiger partial charge in [-0.2, -0.15) is 0 Å². The highest BCUT2D eigenvalue weighted by Gasteiger charge is 2.48. The molecule has 196 valence electrons. The Balaban J connectivity index is 1.35. The molecule has 0 aliphatic carbocycles. The molecule has 0 radical (unpaired) electrons. The number of rotatable bonds is 5. The Morgan fingerprint density at radius 1 is 0.842 bits per heavy atom. The summed E-state index contributed by atoms with van der Waals surface area (Å²) < 4.78 is 11.1. The third kappa shape index (κ3) is 4.21. The van der Waals surface area contributed by atoms with Crippen LogP contribution >= 0.6 is 0 Å². The Morgan fingerprint density at radius 3 is 2.26 bits per heavy atom. The number of hydrogen-bond donors (Lipinski definition) is 0. The van der Waals surface area contributed by atoms with Crippen LogP contribution in [-0.4, -0.2) is 73.5 Å². The average molecular weight is 512 g/mol. The molecule has 1 fully saturated rings. The normalized spacial score (nSPS) is 20.8. The molecule has 0 saturated carbocycles. The maximum atomic E-state index is 14.4. The number of ether oxygens (including phenoxy) is 2. The van der Waals surface area contributed by atoms with Gasteiger partial charge in [0.1, 0.15) is 0 Å². The number of amides is 2. The van der Waals surface area contributed by atoms with E-state index in [1.807, 2.05) is 34.1 Å². The van der Waals surface area contributed by atoms with Crippen molar-refractivity contribution in [3.05, 3.63) is 94.5 Å². The van der Waals surface area contributed by atoms with Gasteiger partial charge >= 0.3 is 0 Å². The van der Waals surface area contributed by atoms with Crippen LogP contribution in [-0.2, 0) is 17.8 Å². The molecule has 2 atom stereocenters. The maximum absolute atomic E-state index is 14.4. The lowest BCUT2D eigenvalue weighted by molar-refractivity contribution is -0.136. The first kappa shape index (κ1) is 24.5. The lowest BCUT2D eigenvalue weighted by Gasteiger charge is -2.47. The number of carbonyl (C=O) groups excluding carboxylic acids is 2. The number of benzene rings is 3. The van der Waals surface area contributed by atoms with Gasteiger partial charge in [0, 0.05) is 44.8 Å². The van der Waals surface area contributed by atoms with Crippen molar-refractivity contribution in [3.63, 3.8) is 0 Å². The molecule has 3 heterocycles. The number of hydrogen-bond acceptors (Lipinski definition) is 5. The van der Waals surface area contributed by atoms with Crippen molar-refractivity contribution in [1.29, 1.82) is 0 Å². The van der Waals surface area contributed by atoms with Crippen molar-refractivity contribution in [2.24, 2.45) is 0 Å². The molecule has 1 saturated heterocycles. The van der Waals surface area contributed by atoms with Crippen LogP contribution in [0.5, 0.6) is 11.5 Å². The van der Waals surface area contributed by atoms with Crippen molar-refractivity contribution < 1.29 is 19.1 Å². The van der Waals surface area contributed by atoms with E-state index in [4.69, 9.17) is 9.47 Å². The molecular weight excluding hydrogens is 478 g/mol. The Labute approximate surface area is 223 Å². The van der Waals surface area contributed by atoms with Gasteiger partial charge in [-0.3, -0.25) is 14.5 Å². The van der Waals surface area contributed by atoms with E-state index >= 15 is 0 Å². The van der Waals surface area contributed by atoms with Gasteiger partial charge in [0.05, 0.1) is 26.2 Å². The molecule has 7 nitrogen and oxygen atoms in total. The van der Waals surface area contributed by atoms with Crippen LogP contribution in [0.15, 0.2) is 66.7 Å². The molecule has 38 heavy (non-hydrogen) atoms. The molecule has 0 unspecified atom stereocenters. The minimum absolute atomic E-state index is 0.0582. The van der Waals surface area contributed by atoms with Gasteiger partial charge in [0.2, 0.25) is 5.91 Å². The molecule has 3 aromatic carbocycles. The first-order valence-electron chi connectivity index (χ1n) is 13.3. The predicted molar refractivity (Wildman–Crippen MR) is 145 cm³/mol. The zero-order chi connectivity index (χ0) is 26.2. The molecule has 7 heteroatoms. The quantitative estimate of drug-likeness (QED) is 0.520. The third-order valence-corrected chi connectivity index (χ3v) is 8.23. The smallest absolute Gasteiger partial charge is 0.254 e. The molecule has 0 bridgehead atoms. The van der Waals surface area contributed by atoms with Gasteiger partial charge in [0.15, 0.2) is 11.5 Å². The molecule has 3 aromatic rings. The minimum atomic E-state index is -0.510. The van der Waals surface area contributed by atoms with Gasteiger partial charge < -0.3 is 19.3 Å². The van der Waals surface area contributed by atoms with Crippen LogP contribution in [0.1, 0.15) is 44.6 Å². The monoisotopic (exact) mass is 511 g/mol. The highest BCUT2D eigenvalue weighted by molar-refractivity contribution is 6.02. The highest BCUT2D eigenvalue weighted by atomic mass is 16.5. The SMILES string of the molecule is COc1cc2c(cc1OC)[C@@H](C(=O)N1CCN(Cc3ccccc3)CC1)[C@H]1c3ccccc3CCN1C2=O. The van der Waals surface area contributed by atoms with E-state index in [1.54, 1.807) is 20.3 Å². The fourth-order valence-electron chi connectivity index (χ4n) is 6.28. The van der Waals surface area contributed by atoms with Crippen LogP contribution in [0.4, 0.5) is 0 Å². The molecule has 3 aliphatic rings. The summed E-state index contributed by atoms with van der Waals surface area (Å²) in [5, 5.41) is 0. The number of fused-ring (bicyclic) bond motifs is 4. The standard InChI is InChI=1S/C31H33N3O4/c1-37-26-18-24-25(19-27(26)38-2)30(35)34-13-12-22-10-6-7-11-23(22)29(34)28(24)31(36)33-16-14-32(15-17-33)20-21-8-4-3-5-9-21/h3-11,18-19,28-29H,12-17,20H2,1-2H3/t28-,29-/m1/s1. The van der Waals surface area contributed by atoms with Crippen LogP contribution in [0.3, 0.4) is 0 Å². The predicted octanol–water partition coefficient (Wildman–Crippen LogP) is 3.89. The first-order chi connectivity index (χ1) is 18.6. The number of carbonyl (C=O) groups is 2. The fraction of sp³-hybridized carbons (Fsp3) is 0.355. The van der Waals surface area contributed by atoms with Crippen molar-refractivity contribution in [2.45, 2.75) is 24.9 Å². The van der Waals surface area contributed by atoms with E-state index in [9.17, 15) is 9.59 Å². The zero-order valence-corrected chi connectivity index (χ0v) is 21.9. The highest BCUT2D eigenvalue weighted by Crippen LogP contribution is 2.49. The van der Waals surface area contributed by atoms with E-state index in [0.29, 0.717) is 36.7 Å². The summed E-state index contributed by atoms with van der Waals surface area (Å²) in [4.78, 5) is 34.5. The second-order valence-corrected chi connectivity index (χ2v) is 10.3. The van der Waals surface area contributed by atoms with Crippen molar-refractivity contribution in [1.82, 2.24) is 14.7 Å². The Kier molecular flexibility index (Phi) is 6.54. The number of piperazine rings is 1. The van der Waals surface area contributed by atoms with E-state index in [2.05, 4.69) is 41.3 Å². The summed E-state index contributed by atoms with van der Waals surface area (Å²) in [5.41, 5.74) is 4.80. The molecule has 0 aromatic heterocycles. The second kappa shape index (κ2) is 10.1. The minimum Gasteiger partial charge on any atom is -0.493 e.